The first-order chi connectivity index (χ1) is 9.76. The number of rotatable bonds is 5. The Balaban J connectivity index is 2.02. The molecule has 2 N–H and O–H groups in total. The number of hydrogen-bond donors (Lipinski definition) is 2. The van der Waals surface area contributed by atoms with Crippen LogP contribution in [0.4, 0.5) is 5.69 Å². The molecule has 1 aliphatic heterocycles. The van der Waals surface area contributed by atoms with Gasteiger partial charge in [0, 0.05) is 45.0 Å². The van der Waals surface area contributed by atoms with Crippen LogP contribution in [0.1, 0.15) is 17.3 Å². The van der Waals surface area contributed by atoms with Gasteiger partial charge >= 0.3 is 0 Å². The van der Waals surface area contributed by atoms with Crippen molar-refractivity contribution >= 4 is 11.6 Å². The van der Waals surface area contributed by atoms with E-state index in [-0.39, 0.29) is 12.5 Å². The Morgan fingerprint density at radius 2 is 1.95 bits per heavy atom. The number of hydrogen-bond acceptors (Lipinski definition) is 4. The zero-order valence-corrected chi connectivity index (χ0v) is 12.0. The molecule has 0 aromatic heterocycles. The molecule has 1 saturated heterocycles. The highest BCUT2D eigenvalue weighted by atomic mass is 16.3. The molecule has 1 aromatic rings. The van der Waals surface area contributed by atoms with Crippen molar-refractivity contribution in [3.63, 3.8) is 0 Å². The standard InChI is InChI=1S/C15H23N3O2/c1-2-16-14-6-4-3-5-13(14)15(20)18-9-7-17(8-10-18)11-12-19/h3-6,16,19H,2,7-12H2,1H3. The maximum absolute atomic E-state index is 12.6. The number of nitrogens with zero attached hydrogens (tertiary/aromatic N) is 2. The molecule has 0 bridgehead atoms. The average molecular weight is 277 g/mol. The van der Waals surface area contributed by atoms with Gasteiger partial charge in [-0.3, -0.25) is 9.69 Å². The SMILES string of the molecule is CCNc1ccccc1C(=O)N1CCN(CCO)CC1. The van der Waals surface area contributed by atoms with Gasteiger partial charge in [-0.2, -0.15) is 0 Å². The van der Waals surface area contributed by atoms with Crippen molar-refractivity contribution < 1.29 is 9.90 Å². The minimum Gasteiger partial charge on any atom is -0.395 e. The number of amides is 1. The van der Waals surface area contributed by atoms with E-state index in [9.17, 15) is 4.79 Å². The lowest BCUT2D eigenvalue weighted by atomic mass is 10.1. The molecule has 0 unspecified atom stereocenters. The number of benzene rings is 1. The van der Waals surface area contributed by atoms with E-state index >= 15 is 0 Å². The molecule has 1 aliphatic rings. The Kier molecular flexibility index (Phi) is 5.38. The van der Waals surface area contributed by atoms with E-state index in [1.54, 1.807) is 0 Å². The minimum absolute atomic E-state index is 0.0881. The third-order valence-electron chi connectivity index (χ3n) is 3.60. The molecule has 1 aromatic carbocycles. The lowest BCUT2D eigenvalue weighted by molar-refractivity contribution is 0.0616. The molecule has 0 saturated carbocycles. The first kappa shape index (κ1) is 14.8. The van der Waals surface area contributed by atoms with Crippen LogP contribution in [0.5, 0.6) is 0 Å². The van der Waals surface area contributed by atoms with Crippen LogP contribution < -0.4 is 5.32 Å². The molecular weight excluding hydrogens is 254 g/mol. The molecule has 0 atom stereocenters. The smallest absolute Gasteiger partial charge is 0.256 e. The Labute approximate surface area is 120 Å². The number of carbonyl (C=O) groups is 1. The molecule has 5 heteroatoms. The maximum atomic E-state index is 12.6. The van der Waals surface area contributed by atoms with Gasteiger partial charge in [-0.15, -0.1) is 0 Å². The predicted octanol–water partition coefficient (Wildman–Crippen LogP) is 0.868. The maximum Gasteiger partial charge on any atom is 0.256 e. The summed E-state index contributed by atoms with van der Waals surface area (Å²) in [6, 6.07) is 7.66. The number of anilines is 1. The molecule has 5 nitrogen and oxygen atoms in total. The van der Waals surface area contributed by atoms with Gasteiger partial charge < -0.3 is 15.3 Å². The monoisotopic (exact) mass is 277 g/mol. The van der Waals surface area contributed by atoms with Crippen LogP contribution in [0.2, 0.25) is 0 Å². The van der Waals surface area contributed by atoms with Crippen molar-refractivity contribution in [1.82, 2.24) is 9.80 Å². The van der Waals surface area contributed by atoms with E-state index in [4.69, 9.17) is 5.11 Å². The van der Waals surface area contributed by atoms with Gasteiger partial charge in [0.25, 0.3) is 5.91 Å². The number of aliphatic hydroxyl groups is 1. The Hall–Kier alpha value is -1.59. The van der Waals surface area contributed by atoms with Crippen LogP contribution in [0, 0.1) is 0 Å². The summed E-state index contributed by atoms with van der Waals surface area (Å²) in [6.07, 6.45) is 0. The van der Waals surface area contributed by atoms with Gasteiger partial charge in [-0.25, -0.2) is 0 Å². The highest BCUT2D eigenvalue weighted by Crippen LogP contribution is 2.18. The Morgan fingerprint density at radius 3 is 2.60 bits per heavy atom. The van der Waals surface area contributed by atoms with Crippen LogP contribution in [0.25, 0.3) is 0 Å². The lowest BCUT2D eigenvalue weighted by Crippen LogP contribution is -2.49. The minimum atomic E-state index is 0.0881. The topological polar surface area (TPSA) is 55.8 Å². The van der Waals surface area contributed by atoms with Crippen molar-refractivity contribution in [2.24, 2.45) is 0 Å². The summed E-state index contributed by atoms with van der Waals surface area (Å²) in [6.45, 7) is 6.79. The Bertz CT molecular complexity index is 442. The van der Waals surface area contributed by atoms with Crippen LogP contribution >= 0.6 is 0 Å². The van der Waals surface area contributed by atoms with E-state index in [0.717, 1.165) is 44.0 Å². The summed E-state index contributed by atoms with van der Waals surface area (Å²) in [4.78, 5) is 16.7. The normalized spacial score (nSPS) is 16.2. The first-order valence-electron chi connectivity index (χ1n) is 7.21. The third-order valence-corrected chi connectivity index (χ3v) is 3.60. The highest BCUT2D eigenvalue weighted by molar-refractivity contribution is 5.99. The van der Waals surface area contributed by atoms with Gasteiger partial charge in [-0.1, -0.05) is 12.1 Å². The van der Waals surface area contributed by atoms with Gasteiger partial charge in [0.1, 0.15) is 0 Å². The summed E-state index contributed by atoms with van der Waals surface area (Å²) in [5.74, 6) is 0.0881. The van der Waals surface area contributed by atoms with Gasteiger partial charge in [0.2, 0.25) is 0 Å². The van der Waals surface area contributed by atoms with Crippen LogP contribution in [-0.4, -0.2) is 66.7 Å². The van der Waals surface area contributed by atoms with Crippen molar-refractivity contribution in [3.8, 4) is 0 Å². The van der Waals surface area contributed by atoms with E-state index in [2.05, 4.69) is 10.2 Å². The van der Waals surface area contributed by atoms with Crippen LogP contribution in [0.3, 0.4) is 0 Å². The summed E-state index contributed by atoms with van der Waals surface area (Å²) in [7, 11) is 0. The molecule has 0 spiro atoms. The van der Waals surface area contributed by atoms with E-state index in [0.29, 0.717) is 6.54 Å². The molecule has 1 heterocycles. The molecule has 20 heavy (non-hydrogen) atoms. The highest BCUT2D eigenvalue weighted by Gasteiger charge is 2.23. The van der Waals surface area contributed by atoms with Crippen molar-refractivity contribution in [3.05, 3.63) is 29.8 Å². The summed E-state index contributed by atoms with van der Waals surface area (Å²) >= 11 is 0. The summed E-state index contributed by atoms with van der Waals surface area (Å²) in [5.41, 5.74) is 1.64. The summed E-state index contributed by atoms with van der Waals surface area (Å²) < 4.78 is 0. The molecule has 1 amide bonds. The third kappa shape index (κ3) is 3.49. The zero-order chi connectivity index (χ0) is 14.4. The number of carbonyl (C=O) groups excluding carboxylic acids is 1. The van der Waals surface area contributed by atoms with Gasteiger partial charge in [0.05, 0.1) is 12.2 Å². The van der Waals surface area contributed by atoms with Crippen molar-refractivity contribution in [1.29, 1.82) is 0 Å². The average Bonchev–Trinajstić information content (AvgIpc) is 2.49. The fourth-order valence-electron chi connectivity index (χ4n) is 2.50. The second-order valence-corrected chi connectivity index (χ2v) is 4.93. The quantitative estimate of drug-likeness (QED) is 0.838. The van der Waals surface area contributed by atoms with E-state index < -0.39 is 0 Å². The van der Waals surface area contributed by atoms with Crippen LogP contribution in [-0.2, 0) is 0 Å². The molecule has 2 rings (SSSR count). The lowest BCUT2D eigenvalue weighted by Gasteiger charge is -2.34. The number of piperazine rings is 1. The second kappa shape index (κ2) is 7.26. The molecular formula is C15H23N3O2. The molecule has 0 radical (unpaired) electrons. The molecule has 110 valence electrons. The zero-order valence-electron chi connectivity index (χ0n) is 12.0. The predicted molar refractivity (Wildman–Crippen MR) is 80.0 cm³/mol. The molecule has 0 aliphatic carbocycles. The van der Waals surface area contributed by atoms with Gasteiger partial charge in [-0.05, 0) is 19.1 Å². The van der Waals surface area contributed by atoms with Crippen molar-refractivity contribution in [2.75, 3.05) is 51.2 Å². The number of para-hydroxylation sites is 1. The van der Waals surface area contributed by atoms with Gasteiger partial charge in [0.15, 0.2) is 0 Å². The largest absolute Gasteiger partial charge is 0.395 e. The fourth-order valence-corrected chi connectivity index (χ4v) is 2.50. The Morgan fingerprint density at radius 1 is 1.25 bits per heavy atom. The first-order valence-corrected chi connectivity index (χ1v) is 7.21. The second-order valence-electron chi connectivity index (χ2n) is 4.93. The number of β-amino-alcohol motifs (C(OH)–C–C–N with tert-alkyl or cyclic N) is 1. The summed E-state index contributed by atoms with van der Waals surface area (Å²) in [5, 5.41) is 12.2. The number of aliphatic hydroxyl groups excluding tert-OH is 1. The molecule has 1 fully saturated rings. The van der Waals surface area contributed by atoms with E-state index in [1.807, 2.05) is 36.1 Å². The van der Waals surface area contributed by atoms with Crippen LogP contribution in [0.15, 0.2) is 24.3 Å². The van der Waals surface area contributed by atoms with E-state index in [1.165, 1.54) is 0 Å². The number of nitrogens with one attached hydrogen (secondary N) is 1. The fraction of sp³-hybridized carbons (Fsp3) is 0.533. The van der Waals surface area contributed by atoms with Crippen molar-refractivity contribution in [2.45, 2.75) is 6.92 Å².